The van der Waals surface area contributed by atoms with E-state index in [2.05, 4.69) is 45.9 Å². The van der Waals surface area contributed by atoms with Gasteiger partial charge in [0.15, 0.2) is 0 Å². The van der Waals surface area contributed by atoms with Crippen molar-refractivity contribution < 1.29 is 14.3 Å². The lowest BCUT2D eigenvalue weighted by Gasteiger charge is -2.36. The van der Waals surface area contributed by atoms with Crippen LogP contribution in [0.4, 0.5) is 0 Å². The van der Waals surface area contributed by atoms with E-state index in [1.807, 2.05) is 4.90 Å². The van der Waals surface area contributed by atoms with Crippen LogP contribution in [0.3, 0.4) is 0 Å². The lowest BCUT2D eigenvalue weighted by atomic mass is 9.96. The average Bonchev–Trinajstić information content (AvgIpc) is 2.86. The number of rotatable bonds is 8. The Kier molecular flexibility index (Phi) is 8.79. The van der Waals surface area contributed by atoms with Gasteiger partial charge >= 0.3 is 0 Å². The van der Waals surface area contributed by atoms with Crippen LogP contribution in [-0.4, -0.2) is 111 Å². The Hall–Kier alpha value is -1.67. The summed E-state index contributed by atoms with van der Waals surface area (Å²) in [5.41, 5.74) is 1.28. The average molecular weight is 445 g/mol. The number of carbonyl (C=O) groups is 1. The van der Waals surface area contributed by atoms with Crippen LogP contribution in [0.5, 0.6) is 5.75 Å². The summed E-state index contributed by atoms with van der Waals surface area (Å²) in [6.07, 6.45) is 2.10. The van der Waals surface area contributed by atoms with Crippen molar-refractivity contribution in [3.63, 3.8) is 0 Å². The molecule has 7 heteroatoms. The molecule has 1 amide bonds. The molecule has 3 saturated heterocycles. The lowest BCUT2D eigenvalue weighted by molar-refractivity contribution is -0.141. The smallest absolute Gasteiger partial charge is 0.227 e. The summed E-state index contributed by atoms with van der Waals surface area (Å²) >= 11 is 0. The number of amides is 1. The third-order valence-corrected chi connectivity index (χ3v) is 7.10. The fraction of sp³-hybridized carbons (Fsp3) is 0.720. The van der Waals surface area contributed by atoms with Crippen LogP contribution in [-0.2, 0) is 16.1 Å². The zero-order valence-corrected chi connectivity index (χ0v) is 19.7. The number of likely N-dealkylation sites (N-methyl/N-ethyl adjacent to an activating group) is 1. The molecule has 0 bridgehead atoms. The highest BCUT2D eigenvalue weighted by Crippen LogP contribution is 2.22. The number of nitrogens with zero attached hydrogens (tertiary/aromatic N) is 4. The van der Waals surface area contributed by atoms with Crippen molar-refractivity contribution in [3.05, 3.63) is 29.8 Å². The summed E-state index contributed by atoms with van der Waals surface area (Å²) < 4.78 is 11.4. The van der Waals surface area contributed by atoms with Gasteiger partial charge in [0.1, 0.15) is 12.4 Å². The largest absolute Gasteiger partial charge is 0.492 e. The maximum absolute atomic E-state index is 12.9. The first-order valence-corrected chi connectivity index (χ1v) is 12.5. The lowest BCUT2D eigenvalue weighted by Crippen LogP contribution is -2.48. The second-order valence-corrected chi connectivity index (χ2v) is 9.28. The van der Waals surface area contributed by atoms with E-state index >= 15 is 0 Å². The summed E-state index contributed by atoms with van der Waals surface area (Å²) in [5.74, 6) is 1.39. The molecule has 0 radical (unpaired) electrons. The van der Waals surface area contributed by atoms with E-state index in [0.29, 0.717) is 19.1 Å². The Balaban J connectivity index is 1.18. The van der Waals surface area contributed by atoms with Gasteiger partial charge in [0.25, 0.3) is 0 Å². The van der Waals surface area contributed by atoms with E-state index in [4.69, 9.17) is 9.47 Å². The minimum absolute atomic E-state index is 0.128. The van der Waals surface area contributed by atoms with Crippen LogP contribution < -0.4 is 4.74 Å². The van der Waals surface area contributed by atoms with Crippen LogP contribution in [0.15, 0.2) is 24.3 Å². The second kappa shape index (κ2) is 12.0. The third kappa shape index (κ3) is 6.67. The number of ether oxygens (including phenoxy) is 2. The van der Waals surface area contributed by atoms with Gasteiger partial charge in [0.05, 0.1) is 19.1 Å². The van der Waals surface area contributed by atoms with Gasteiger partial charge in [0, 0.05) is 58.9 Å². The van der Waals surface area contributed by atoms with E-state index in [0.717, 1.165) is 84.1 Å². The Morgan fingerprint density at radius 2 is 1.69 bits per heavy atom. The monoisotopic (exact) mass is 444 g/mol. The molecule has 4 rings (SSSR count). The van der Waals surface area contributed by atoms with E-state index in [1.54, 1.807) is 0 Å². The molecule has 3 fully saturated rings. The Bertz CT molecular complexity index is 700. The Labute approximate surface area is 193 Å². The first-order valence-electron chi connectivity index (χ1n) is 12.5. The van der Waals surface area contributed by atoms with Gasteiger partial charge in [-0.05, 0) is 43.6 Å². The molecule has 1 aromatic rings. The number of carbonyl (C=O) groups excluding carboxylic acids is 1. The minimum Gasteiger partial charge on any atom is -0.492 e. The summed E-state index contributed by atoms with van der Waals surface area (Å²) in [6.45, 7) is 15.4. The molecular formula is C25H40N4O3. The van der Waals surface area contributed by atoms with E-state index in [1.165, 1.54) is 18.7 Å². The molecule has 0 saturated carbocycles. The van der Waals surface area contributed by atoms with Crippen molar-refractivity contribution in [1.82, 2.24) is 19.6 Å². The molecule has 1 atom stereocenters. The molecule has 1 aromatic carbocycles. The number of benzene rings is 1. The number of piperazine rings is 1. The standard InChI is InChI=1S/C25H40N4O3/c1-2-26-10-12-27(13-11-26)14-19-32-24-7-5-22(6-8-24)20-28-9-3-4-23(21-28)25(30)29-15-17-31-18-16-29/h5-8,23H,2-4,9-21H2,1H3. The van der Waals surface area contributed by atoms with E-state index in [9.17, 15) is 4.79 Å². The summed E-state index contributed by atoms with van der Waals surface area (Å²) in [4.78, 5) is 22.3. The summed E-state index contributed by atoms with van der Waals surface area (Å²) in [7, 11) is 0. The van der Waals surface area contributed by atoms with Crippen molar-refractivity contribution in [1.29, 1.82) is 0 Å². The SMILES string of the molecule is CCN1CCN(CCOc2ccc(CN3CCCC(C(=O)N4CCOCC4)C3)cc2)CC1. The van der Waals surface area contributed by atoms with Crippen molar-refractivity contribution >= 4 is 5.91 Å². The number of hydrogen-bond acceptors (Lipinski definition) is 6. The number of morpholine rings is 1. The van der Waals surface area contributed by atoms with Crippen LogP contribution in [0.2, 0.25) is 0 Å². The highest BCUT2D eigenvalue weighted by atomic mass is 16.5. The predicted octanol–water partition coefficient (Wildman–Crippen LogP) is 1.77. The zero-order valence-electron chi connectivity index (χ0n) is 19.7. The Morgan fingerprint density at radius 1 is 0.969 bits per heavy atom. The highest BCUT2D eigenvalue weighted by molar-refractivity contribution is 5.79. The minimum atomic E-state index is 0.128. The zero-order chi connectivity index (χ0) is 22.2. The number of hydrogen-bond donors (Lipinski definition) is 0. The van der Waals surface area contributed by atoms with E-state index in [-0.39, 0.29) is 5.92 Å². The maximum Gasteiger partial charge on any atom is 0.227 e. The molecule has 3 aliphatic heterocycles. The fourth-order valence-corrected chi connectivity index (χ4v) is 5.01. The van der Waals surface area contributed by atoms with Gasteiger partial charge in [-0.3, -0.25) is 14.6 Å². The number of likely N-dealkylation sites (tertiary alicyclic amines) is 1. The molecule has 1 unspecified atom stereocenters. The molecule has 32 heavy (non-hydrogen) atoms. The molecular weight excluding hydrogens is 404 g/mol. The molecule has 0 N–H and O–H groups in total. The molecule has 3 aliphatic rings. The van der Waals surface area contributed by atoms with Crippen molar-refractivity contribution in [2.45, 2.75) is 26.3 Å². The van der Waals surface area contributed by atoms with Crippen molar-refractivity contribution in [2.24, 2.45) is 5.92 Å². The normalized spacial score (nSPS) is 23.9. The van der Waals surface area contributed by atoms with Crippen molar-refractivity contribution in [2.75, 3.05) is 85.3 Å². The van der Waals surface area contributed by atoms with Gasteiger partial charge in [-0.15, -0.1) is 0 Å². The topological polar surface area (TPSA) is 48.5 Å². The second-order valence-electron chi connectivity index (χ2n) is 9.28. The van der Waals surface area contributed by atoms with Crippen LogP contribution in [0.1, 0.15) is 25.3 Å². The van der Waals surface area contributed by atoms with E-state index < -0.39 is 0 Å². The molecule has 7 nitrogen and oxygen atoms in total. The summed E-state index contributed by atoms with van der Waals surface area (Å²) in [6, 6.07) is 8.51. The molecule has 0 aliphatic carbocycles. The van der Waals surface area contributed by atoms with Gasteiger partial charge in [-0.2, -0.15) is 0 Å². The first kappa shape index (κ1) is 23.5. The third-order valence-electron chi connectivity index (χ3n) is 7.10. The van der Waals surface area contributed by atoms with Crippen LogP contribution in [0.25, 0.3) is 0 Å². The maximum atomic E-state index is 12.9. The molecule has 0 aromatic heterocycles. The van der Waals surface area contributed by atoms with Gasteiger partial charge in [-0.25, -0.2) is 0 Å². The van der Waals surface area contributed by atoms with Crippen LogP contribution in [0, 0.1) is 5.92 Å². The molecule has 0 spiro atoms. The molecule has 178 valence electrons. The highest BCUT2D eigenvalue weighted by Gasteiger charge is 2.30. The predicted molar refractivity (Wildman–Crippen MR) is 126 cm³/mol. The Morgan fingerprint density at radius 3 is 2.41 bits per heavy atom. The van der Waals surface area contributed by atoms with Crippen LogP contribution >= 0.6 is 0 Å². The first-order chi connectivity index (χ1) is 15.7. The fourth-order valence-electron chi connectivity index (χ4n) is 5.01. The quantitative estimate of drug-likeness (QED) is 0.609. The van der Waals surface area contributed by atoms with Gasteiger partial charge in [0.2, 0.25) is 5.91 Å². The van der Waals surface area contributed by atoms with Gasteiger partial charge in [-0.1, -0.05) is 19.1 Å². The number of piperidine rings is 1. The van der Waals surface area contributed by atoms with Gasteiger partial charge < -0.3 is 19.3 Å². The van der Waals surface area contributed by atoms with Crippen molar-refractivity contribution in [3.8, 4) is 5.75 Å². The molecule has 3 heterocycles. The summed E-state index contributed by atoms with van der Waals surface area (Å²) in [5, 5.41) is 0.